The highest BCUT2D eigenvalue weighted by Crippen LogP contribution is 2.34. The molecule has 0 aliphatic carbocycles. The summed E-state index contributed by atoms with van der Waals surface area (Å²) in [5.74, 6) is 1.91. The van der Waals surface area contributed by atoms with Crippen LogP contribution in [0.1, 0.15) is 18.4 Å². The number of aryl methyl sites for hydroxylation is 1. The van der Waals surface area contributed by atoms with Crippen molar-refractivity contribution in [3.05, 3.63) is 60.4 Å². The molecule has 1 unspecified atom stereocenters. The van der Waals surface area contributed by atoms with Gasteiger partial charge in [0.25, 0.3) is 0 Å². The molecule has 1 N–H and O–H groups in total. The Bertz CT molecular complexity index is 1080. The van der Waals surface area contributed by atoms with Crippen LogP contribution in [-0.2, 0) is 4.79 Å². The minimum Gasteiger partial charge on any atom is -0.497 e. The van der Waals surface area contributed by atoms with Crippen molar-refractivity contribution in [3.8, 4) is 11.5 Å². The van der Waals surface area contributed by atoms with Crippen molar-refractivity contribution in [2.45, 2.75) is 29.7 Å². The van der Waals surface area contributed by atoms with E-state index in [0.29, 0.717) is 23.7 Å². The molecule has 1 aromatic heterocycles. The van der Waals surface area contributed by atoms with E-state index in [1.54, 1.807) is 56.6 Å². The first-order valence-corrected chi connectivity index (χ1v) is 11.7. The zero-order valence-electron chi connectivity index (χ0n) is 19.1. The van der Waals surface area contributed by atoms with E-state index in [9.17, 15) is 4.79 Å². The fourth-order valence-corrected chi connectivity index (χ4v) is 4.71. The van der Waals surface area contributed by atoms with Gasteiger partial charge in [0.05, 0.1) is 20.1 Å². The minimum absolute atomic E-state index is 0.0216. The van der Waals surface area contributed by atoms with Crippen LogP contribution in [-0.4, -0.2) is 43.2 Å². The Morgan fingerprint density at radius 2 is 1.76 bits per heavy atom. The average molecular weight is 465 g/mol. The summed E-state index contributed by atoms with van der Waals surface area (Å²) in [6, 6.07) is 13.7. The molecule has 1 aliphatic rings. The van der Waals surface area contributed by atoms with E-state index in [0.717, 1.165) is 35.1 Å². The molecule has 4 rings (SSSR count). The Balaban J connectivity index is 1.48. The van der Waals surface area contributed by atoms with Crippen molar-refractivity contribution in [1.82, 2.24) is 9.97 Å². The summed E-state index contributed by atoms with van der Waals surface area (Å²) in [4.78, 5) is 25.6. The van der Waals surface area contributed by atoms with E-state index >= 15 is 0 Å². The second kappa shape index (κ2) is 10.6. The third-order valence-electron chi connectivity index (χ3n) is 5.59. The van der Waals surface area contributed by atoms with E-state index in [1.807, 2.05) is 0 Å². The van der Waals surface area contributed by atoms with E-state index in [1.165, 1.54) is 5.56 Å². The molecule has 0 saturated carbocycles. The number of piperidine rings is 1. The first-order valence-electron chi connectivity index (χ1n) is 10.9. The van der Waals surface area contributed by atoms with Crippen LogP contribution in [0.4, 0.5) is 11.5 Å². The fourth-order valence-electron chi connectivity index (χ4n) is 3.83. The van der Waals surface area contributed by atoms with Crippen LogP contribution in [0.2, 0.25) is 0 Å². The number of amides is 1. The highest BCUT2D eigenvalue weighted by atomic mass is 32.2. The summed E-state index contributed by atoms with van der Waals surface area (Å²) in [5.41, 5.74) is 1.88. The number of anilines is 2. The number of carbonyl (C=O) groups excluding carboxylic acids is 1. The Labute approximate surface area is 198 Å². The number of carbonyl (C=O) groups is 1. The molecule has 172 valence electrons. The summed E-state index contributed by atoms with van der Waals surface area (Å²) < 4.78 is 10.6. The van der Waals surface area contributed by atoms with Crippen molar-refractivity contribution in [3.63, 3.8) is 0 Å². The maximum absolute atomic E-state index is 13.1. The number of nitrogens with zero attached hydrogens (tertiary/aromatic N) is 3. The molecular formula is C25H28N4O3S. The Hall–Kier alpha value is -3.26. The molecule has 0 spiro atoms. The molecule has 2 heterocycles. The molecule has 0 bridgehead atoms. The zero-order chi connectivity index (χ0) is 23.2. The molecule has 3 aromatic rings. The third kappa shape index (κ3) is 5.76. The molecule has 33 heavy (non-hydrogen) atoms. The van der Waals surface area contributed by atoms with E-state index < -0.39 is 0 Å². The Kier molecular flexibility index (Phi) is 7.34. The summed E-state index contributed by atoms with van der Waals surface area (Å²) in [6.45, 7) is 3.51. The monoisotopic (exact) mass is 464 g/mol. The third-order valence-corrected chi connectivity index (χ3v) is 6.58. The number of rotatable bonds is 7. The van der Waals surface area contributed by atoms with Gasteiger partial charge in [-0.15, -0.1) is 0 Å². The molecule has 2 aromatic carbocycles. The van der Waals surface area contributed by atoms with E-state index in [4.69, 9.17) is 9.47 Å². The highest BCUT2D eigenvalue weighted by molar-refractivity contribution is 7.99. The predicted octanol–water partition coefficient (Wildman–Crippen LogP) is 4.81. The first-order chi connectivity index (χ1) is 16.1. The molecular weight excluding hydrogens is 436 g/mol. The molecule has 1 amide bonds. The smallest absolute Gasteiger partial charge is 0.229 e. The van der Waals surface area contributed by atoms with Gasteiger partial charge >= 0.3 is 0 Å². The van der Waals surface area contributed by atoms with Crippen molar-refractivity contribution < 1.29 is 14.3 Å². The minimum atomic E-state index is -0.157. The van der Waals surface area contributed by atoms with Crippen LogP contribution < -0.4 is 19.7 Å². The molecule has 8 heteroatoms. The van der Waals surface area contributed by atoms with Gasteiger partial charge in [0.15, 0.2) is 5.82 Å². The van der Waals surface area contributed by atoms with E-state index in [-0.39, 0.29) is 11.8 Å². The summed E-state index contributed by atoms with van der Waals surface area (Å²) >= 11 is 1.59. The lowest BCUT2D eigenvalue weighted by Crippen LogP contribution is -2.41. The number of hydrogen-bond donors (Lipinski definition) is 1. The lowest BCUT2D eigenvalue weighted by atomic mass is 9.97. The van der Waals surface area contributed by atoms with Crippen LogP contribution in [0.15, 0.2) is 64.8 Å². The van der Waals surface area contributed by atoms with Gasteiger partial charge in [0.1, 0.15) is 16.5 Å². The number of hydrogen-bond acceptors (Lipinski definition) is 7. The first kappa shape index (κ1) is 22.9. The second-order valence-electron chi connectivity index (χ2n) is 7.98. The predicted molar refractivity (Wildman–Crippen MR) is 130 cm³/mol. The standard InChI is InChI=1S/C25H28N4O3S/c1-17-6-8-22(9-7-17)33-25-23(26-10-11-27-25)29-12-4-5-18(16-29)24(30)28-19-13-20(31-2)15-21(14-19)32-3/h6-11,13-15,18H,4-5,12,16H2,1-3H3,(H,28,30). The molecule has 1 aliphatic heterocycles. The topological polar surface area (TPSA) is 76.6 Å². The van der Waals surface area contributed by atoms with Crippen molar-refractivity contribution in [2.75, 3.05) is 37.5 Å². The summed E-state index contributed by atoms with van der Waals surface area (Å²) in [7, 11) is 3.18. The number of methoxy groups -OCH3 is 2. The SMILES string of the molecule is COc1cc(NC(=O)C2CCCN(c3nccnc3Sc3ccc(C)cc3)C2)cc(OC)c1. The normalized spacial score (nSPS) is 15.7. The largest absolute Gasteiger partial charge is 0.497 e. The molecule has 7 nitrogen and oxygen atoms in total. The number of aromatic nitrogens is 2. The van der Waals surface area contributed by atoms with Gasteiger partial charge in [-0.3, -0.25) is 4.79 Å². The van der Waals surface area contributed by atoms with Gasteiger partial charge in [-0.1, -0.05) is 29.5 Å². The van der Waals surface area contributed by atoms with Crippen LogP contribution in [0.5, 0.6) is 11.5 Å². The molecule has 1 saturated heterocycles. The van der Waals surface area contributed by atoms with Gasteiger partial charge in [-0.2, -0.15) is 0 Å². The summed E-state index contributed by atoms with van der Waals surface area (Å²) in [6.07, 6.45) is 5.15. The van der Waals surface area contributed by atoms with Gasteiger partial charge in [0.2, 0.25) is 5.91 Å². The van der Waals surface area contributed by atoms with Crippen molar-refractivity contribution in [1.29, 1.82) is 0 Å². The quantitative estimate of drug-likeness (QED) is 0.538. The number of ether oxygens (including phenoxy) is 2. The van der Waals surface area contributed by atoms with Gasteiger partial charge in [0, 0.05) is 54.3 Å². The van der Waals surface area contributed by atoms with Crippen LogP contribution in [0.25, 0.3) is 0 Å². The van der Waals surface area contributed by atoms with Gasteiger partial charge in [-0.25, -0.2) is 9.97 Å². The van der Waals surface area contributed by atoms with Gasteiger partial charge < -0.3 is 19.7 Å². The second-order valence-corrected chi connectivity index (χ2v) is 9.04. The lowest BCUT2D eigenvalue weighted by Gasteiger charge is -2.33. The summed E-state index contributed by atoms with van der Waals surface area (Å²) in [5, 5.41) is 3.87. The molecule has 1 fully saturated rings. The van der Waals surface area contributed by atoms with Crippen LogP contribution in [0.3, 0.4) is 0 Å². The van der Waals surface area contributed by atoms with Crippen molar-refractivity contribution >= 4 is 29.2 Å². The zero-order valence-corrected chi connectivity index (χ0v) is 19.9. The highest BCUT2D eigenvalue weighted by Gasteiger charge is 2.28. The molecule has 0 radical (unpaired) electrons. The van der Waals surface area contributed by atoms with E-state index in [2.05, 4.69) is 51.4 Å². The van der Waals surface area contributed by atoms with Crippen molar-refractivity contribution in [2.24, 2.45) is 5.92 Å². The Morgan fingerprint density at radius 1 is 1.06 bits per heavy atom. The fraction of sp³-hybridized carbons (Fsp3) is 0.320. The Morgan fingerprint density at radius 3 is 2.45 bits per heavy atom. The molecule has 1 atom stereocenters. The maximum atomic E-state index is 13.1. The average Bonchev–Trinajstić information content (AvgIpc) is 2.85. The van der Waals surface area contributed by atoms with Crippen LogP contribution in [0, 0.1) is 12.8 Å². The van der Waals surface area contributed by atoms with Crippen LogP contribution >= 0.6 is 11.8 Å². The van der Waals surface area contributed by atoms with Gasteiger partial charge in [-0.05, 0) is 31.9 Å². The number of benzene rings is 2. The lowest BCUT2D eigenvalue weighted by molar-refractivity contribution is -0.120. The maximum Gasteiger partial charge on any atom is 0.229 e. The number of nitrogens with one attached hydrogen (secondary N) is 1.